The molecule has 42 heavy (non-hydrogen) atoms. The fraction of sp³-hybridized carbons (Fsp3) is 0.562. The number of hydrogen-bond acceptors (Lipinski definition) is 9. The number of esters is 1. The van der Waals surface area contributed by atoms with Crippen LogP contribution in [0.5, 0.6) is 0 Å². The quantitative estimate of drug-likeness (QED) is 0.159. The third-order valence-electron chi connectivity index (χ3n) is 7.18. The van der Waals surface area contributed by atoms with Gasteiger partial charge in [0.25, 0.3) is 0 Å². The molecule has 0 radical (unpaired) electrons. The standard InChI is InChI=1S/C32H46N2O8/c1-31(2)23-41-32(3,4)34(31)30(36)42-28(29(35)38-6)19-27(22-40-24-39-18-17-37-5)33(20-25-13-9-7-10-14-25)21-26-15-11-8-12-16-26/h7-16,27-28H,17-24H2,1-6H3/t27-,28-/m0/s1. The van der Waals surface area contributed by atoms with Crippen LogP contribution in [0.15, 0.2) is 60.7 Å². The maximum absolute atomic E-state index is 13.5. The highest BCUT2D eigenvalue weighted by atomic mass is 16.7. The first-order chi connectivity index (χ1) is 20.1. The highest BCUT2D eigenvalue weighted by Crippen LogP contribution is 2.35. The van der Waals surface area contributed by atoms with Crippen LogP contribution in [-0.2, 0) is 46.3 Å². The molecule has 10 heteroatoms. The molecule has 3 rings (SSSR count). The minimum absolute atomic E-state index is 0.0561. The molecule has 2 aromatic rings. The average molecular weight is 587 g/mol. The number of amides is 1. The molecule has 0 aliphatic carbocycles. The van der Waals surface area contributed by atoms with Crippen molar-refractivity contribution in [2.45, 2.75) is 70.6 Å². The molecular formula is C32H46N2O8. The van der Waals surface area contributed by atoms with Crippen molar-refractivity contribution in [1.29, 1.82) is 0 Å². The Morgan fingerprint density at radius 1 is 0.905 bits per heavy atom. The van der Waals surface area contributed by atoms with Crippen molar-refractivity contribution >= 4 is 12.1 Å². The maximum Gasteiger partial charge on any atom is 0.413 e. The van der Waals surface area contributed by atoms with Crippen molar-refractivity contribution in [3.63, 3.8) is 0 Å². The molecule has 1 fully saturated rings. The molecule has 0 saturated carbocycles. The summed E-state index contributed by atoms with van der Waals surface area (Å²) in [7, 11) is 2.90. The van der Waals surface area contributed by atoms with Gasteiger partial charge in [-0.05, 0) is 38.8 Å². The topological polar surface area (TPSA) is 96.0 Å². The Bertz CT molecular complexity index is 1040. The number of methoxy groups -OCH3 is 2. The summed E-state index contributed by atoms with van der Waals surface area (Å²) in [5.41, 5.74) is 0.685. The van der Waals surface area contributed by atoms with Crippen molar-refractivity contribution < 1.29 is 38.0 Å². The summed E-state index contributed by atoms with van der Waals surface area (Å²) in [6, 6.07) is 19.8. The van der Waals surface area contributed by atoms with E-state index in [1.165, 1.54) is 12.0 Å². The zero-order chi connectivity index (χ0) is 30.6. The lowest BCUT2D eigenvalue weighted by Gasteiger charge is -2.38. The number of ether oxygens (including phenoxy) is 6. The van der Waals surface area contributed by atoms with Gasteiger partial charge in [-0.3, -0.25) is 9.80 Å². The molecule has 0 aromatic heterocycles. The van der Waals surface area contributed by atoms with Crippen molar-refractivity contribution in [3.8, 4) is 0 Å². The Morgan fingerprint density at radius 2 is 1.50 bits per heavy atom. The van der Waals surface area contributed by atoms with Gasteiger partial charge in [0.05, 0.1) is 39.1 Å². The van der Waals surface area contributed by atoms with E-state index in [2.05, 4.69) is 29.2 Å². The maximum atomic E-state index is 13.5. The van der Waals surface area contributed by atoms with Gasteiger partial charge in [-0.25, -0.2) is 9.59 Å². The lowest BCUT2D eigenvalue weighted by atomic mass is 10.0. The predicted molar refractivity (Wildman–Crippen MR) is 157 cm³/mol. The van der Waals surface area contributed by atoms with E-state index in [9.17, 15) is 9.59 Å². The molecule has 0 N–H and O–H groups in total. The van der Waals surface area contributed by atoms with E-state index >= 15 is 0 Å². The Balaban J connectivity index is 1.88. The van der Waals surface area contributed by atoms with Crippen LogP contribution in [0.4, 0.5) is 4.79 Å². The zero-order valence-electron chi connectivity index (χ0n) is 25.7. The smallest absolute Gasteiger partial charge is 0.413 e. The normalized spacial score (nSPS) is 17.2. The lowest BCUT2D eigenvalue weighted by Crippen LogP contribution is -2.54. The Hall–Kier alpha value is -3.02. The first-order valence-electron chi connectivity index (χ1n) is 14.3. The first-order valence-corrected chi connectivity index (χ1v) is 14.3. The van der Waals surface area contributed by atoms with Gasteiger partial charge < -0.3 is 28.4 Å². The molecule has 0 unspecified atom stereocenters. The van der Waals surface area contributed by atoms with E-state index in [0.717, 1.165) is 11.1 Å². The second kappa shape index (κ2) is 16.0. The van der Waals surface area contributed by atoms with E-state index in [4.69, 9.17) is 28.4 Å². The third kappa shape index (κ3) is 9.78. The van der Waals surface area contributed by atoms with Gasteiger partial charge in [-0.15, -0.1) is 0 Å². The Labute approximate surface area is 249 Å². The number of rotatable bonds is 16. The van der Waals surface area contributed by atoms with Crippen molar-refractivity contribution in [1.82, 2.24) is 9.80 Å². The van der Waals surface area contributed by atoms with Crippen LogP contribution in [0.3, 0.4) is 0 Å². The van der Waals surface area contributed by atoms with Crippen molar-refractivity contribution in [3.05, 3.63) is 71.8 Å². The molecule has 232 valence electrons. The van der Waals surface area contributed by atoms with Crippen LogP contribution in [0.1, 0.15) is 45.2 Å². The third-order valence-corrected chi connectivity index (χ3v) is 7.18. The molecule has 1 aliphatic heterocycles. The van der Waals surface area contributed by atoms with E-state index in [1.54, 1.807) is 21.0 Å². The summed E-state index contributed by atoms with van der Waals surface area (Å²) in [6.45, 7) is 10.0. The summed E-state index contributed by atoms with van der Waals surface area (Å²) >= 11 is 0. The molecule has 0 spiro atoms. The van der Waals surface area contributed by atoms with Gasteiger partial charge in [0.1, 0.15) is 12.5 Å². The molecule has 10 nitrogen and oxygen atoms in total. The summed E-state index contributed by atoms with van der Waals surface area (Å²) in [6.07, 6.45) is -1.67. The van der Waals surface area contributed by atoms with E-state index in [0.29, 0.717) is 32.9 Å². The lowest BCUT2D eigenvalue weighted by molar-refractivity contribution is -0.154. The van der Waals surface area contributed by atoms with Crippen LogP contribution < -0.4 is 0 Å². The SMILES string of the molecule is COCCOCOC[C@H](C[C@H](OC(=O)N1C(C)(C)COC1(C)C)C(=O)OC)N(Cc1ccccc1)Cc1ccccc1. The summed E-state index contributed by atoms with van der Waals surface area (Å²) in [5, 5.41) is 0. The second-order valence-electron chi connectivity index (χ2n) is 11.4. The Morgan fingerprint density at radius 3 is 2.00 bits per heavy atom. The average Bonchev–Trinajstić information content (AvgIpc) is 3.20. The highest BCUT2D eigenvalue weighted by Gasteiger charge is 2.50. The van der Waals surface area contributed by atoms with E-state index in [-0.39, 0.29) is 25.9 Å². The molecule has 2 aromatic carbocycles. The fourth-order valence-corrected chi connectivity index (χ4v) is 5.14. The molecule has 1 aliphatic rings. The summed E-state index contributed by atoms with van der Waals surface area (Å²) in [5.74, 6) is -0.639. The van der Waals surface area contributed by atoms with Crippen LogP contribution in [0, 0.1) is 0 Å². The van der Waals surface area contributed by atoms with Crippen LogP contribution in [0.25, 0.3) is 0 Å². The van der Waals surface area contributed by atoms with Gasteiger partial charge in [0, 0.05) is 32.7 Å². The first kappa shape index (κ1) is 33.5. The summed E-state index contributed by atoms with van der Waals surface area (Å²) < 4.78 is 33.4. The second-order valence-corrected chi connectivity index (χ2v) is 11.4. The van der Waals surface area contributed by atoms with E-state index < -0.39 is 29.4 Å². The number of carbonyl (C=O) groups excluding carboxylic acids is 2. The fourth-order valence-electron chi connectivity index (χ4n) is 5.14. The van der Waals surface area contributed by atoms with Gasteiger partial charge >= 0.3 is 12.1 Å². The highest BCUT2D eigenvalue weighted by molar-refractivity contribution is 5.79. The molecule has 0 bridgehead atoms. The zero-order valence-corrected chi connectivity index (χ0v) is 25.7. The van der Waals surface area contributed by atoms with Crippen LogP contribution in [-0.4, -0.2) is 92.7 Å². The van der Waals surface area contributed by atoms with Gasteiger partial charge in [-0.1, -0.05) is 60.7 Å². The molecule has 2 atom stereocenters. The molecular weight excluding hydrogens is 540 g/mol. The molecule has 1 amide bonds. The van der Waals surface area contributed by atoms with Gasteiger partial charge in [0.2, 0.25) is 6.10 Å². The monoisotopic (exact) mass is 586 g/mol. The van der Waals surface area contributed by atoms with Crippen molar-refractivity contribution in [2.75, 3.05) is 47.4 Å². The molecule has 1 heterocycles. The van der Waals surface area contributed by atoms with Gasteiger partial charge in [-0.2, -0.15) is 0 Å². The van der Waals surface area contributed by atoms with Crippen molar-refractivity contribution in [2.24, 2.45) is 0 Å². The predicted octanol–water partition coefficient (Wildman–Crippen LogP) is 4.61. The number of nitrogens with zero attached hydrogens (tertiary/aromatic N) is 2. The molecule has 1 saturated heterocycles. The Kier molecular flexibility index (Phi) is 12.8. The van der Waals surface area contributed by atoms with Crippen LogP contribution in [0.2, 0.25) is 0 Å². The largest absolute Gasteiger partial charge is 0.466 e. The number of benzene rings is 2. The number of hydrogen-bond donors (Lipinski definition) is 0. The number of carbonyl (C=O) groups is 2. The minimum atomic E-state index is -1.17. The minimum Gasteiger partial charge on any atom is -0.466 e. The van der Waals surface area contributed by atoms with E-state index in [1.807, 2.05) is 50.2 Å². The summed E-state index contributed by atoms with van der Waals surface area (Å²) in [4.78, 5) is 30.4. The van der Waals surface area contributed by atoms with Gasteiger partial charge in [0.15, 0.2) is 0 Å². The van der Waals surface area contributed by atoms with Crippen LogP contribution >= 0.6 is 0 Å².